The third-order valence-corrected chi connectivity index (χ3v) is 5.34. The van der Waals surface area contributed by atoms with Crippen LogP contribution in [0.3, 0.4) is 0 Å². The first-order valence-electron chi connectivity index (χ1n) is 9.43. The highest BCUT2D eigenvalue weighted by Gasteiger charge is 2.13. The summed E-state index contributed by atoms with van der Waals surface area (Å²) in [5.74, 6) is 0.146. The molecule has 0 bridgehead atoms. The van der Waals surface area contributed by atoms with E-state index in [1.807, 2.05) is 86.6 Å². The van der Waals surface area contributed by atoms with Gasteiger partial charge in [0.15, 0.2) is 0 Å². The Morgan fingerprint density at radius 2 is 1.83 bits per heavy atom. The first-order valence-corrected chi connectivity index (χ1v) is 10.2. The summed E-state index contributed by atoms with van der Waals surface area (Å²) in [7, 11) is 0. The largest absolute Gasteiger partial charge is 0.488 e. The van der Waals surface area contributed by atoms with E-state index < -0.39 is 5.91 Å². The number of carbonyl (C=O) groups is 1. The molecule has 30 heavy (non-hydrogen) atoms. The maximum absolute atomic E-state index is 12.7. The van der Waals surface area contributed by atoms with Crippen LogP contribution in [0.1, 0.15) is 22.3 Å². The van der Waals surface area contributed by atoms with E-state index in [1.165, 1.54) is 0 Å². The van der Waals surface area contributed by atoms with Crippen molar-refractivity contribution in [1.29, 1.82) is 5.26 Å². The van der Waals surface area contributed by atoms with Crippen molar-refractivity contribution in [2.45, 2.75) is 20.5 Å². The number of para-hydroxylation sites is 1. The van der Waals surface area contributed by atoms with Gasteiger partial charge in [-0.1, -0.05) is 64.5 Å². The third kappa shape index (κ3) is 5.37. The Bertz CT molecular complexity index is 1150. The molecule has 0 atom stereocenters. The van der Waals surface area contributed by atoms with Crippen LogP contribution in [0, 0.1) is 25.2 Å². The molecule has 0 aliphatic rings. The lowest BCUT2D eigenvalue weighted by Gasteiger charge is -2.11. The molecular formula is C25H21BrN2O2. The van der Waals surface area contributed by atoms with Gasteiger partial charge in [0.05, 0.1) is 0 Å². The number of anilines is 1. The second-order valence-corrected chi connectivity index (χ2v) is 7.71. The Morgan fingerprint density at radius 1 is 1.10 bits per heavy atom. The summed E-state index contributed by atoms with van der Waals surface area (Å²) >= 11 is 3.51. The lowest BCUT2D eigenvalue weighted by molar-refractivity contribution is -0.112. The van der Waals surface area contributed by atoms with E-state index in [0.29, 0.717) is 23.6 Å². The highest BCUT2D eigenvalue weighted by Crippen LogP contribution is 2.25. The molecule has 0 saturated carbocycles. The number of carbonyl (C=O) groups excluding carboxylic acids is 1. The monoisotopic (exact) mass is 460 g/mol. The van der Waals surface area contributed by atoms with E-state index in [4.69, 9.17) is 4.74 Å². The van der Waals surface area contributed by atoms with Crippen molar-refractivity contribution in [1.82, 2.24) is 0 Å². The van der Waals surface area contributed by atoms with Gasteiger partial charge < -0.3 is 10.1 Å². The van der Waals surface area contributed by atoms with Crippen LogP contribution in [0.4, 0.5) is 5.69 Å². The van der Waals surface area contributed by atoms with Crippen molar-refractivity contribution in [3.63, 3.8) is 0 Å². The zero-order valence-electron chi connectivity index (χ0n) is 16.8. The van der Waals surface area contributed by atoms with Gasteiger partial charge in [-0.3, -0.25) is 4.79 Å². The van der Waals surface area contributed by atoms with E-state index in [9.17, 15) is 10.1 Å². The summed E-state index contributed by atoms with van der Waals surface area (Å²) in [5, 5.41) is 12.4. The summed E-state index contributed by atoms with van der Waals surface area (Å²) in [6.07, 6.45) is 1.55. The molecule has 0 aromatic heterocycles. The standard InChI is InChI=1S/C25H21BrN2O2/c1-17-11-12-18(2)23(13-17)28-25(29)21(15-27)14-19-7-4-6-10-24(19)30-16-20-8-3-5-9-22(20)26/h3-14H,16H2,1-2H3,(H,28,29)/b21-14+. The van der Waals surface area contributed by atoms with Crippen LogP contribution in [0.2, 0.25) is 0 Å². The Morgan fingerprint density at radius 3 is 2.60 bits per heavy atom. The van der Waals surface area contributed by atoms with Crippen molar-refractivity contribution < 1.29 is 9.53 Å². The van der Waals surface area contributed by atoms with Gasteiger partial charge in [0.2, 0.25) is 0 Å². The first kappa shape index (κ1) is 21.4. The molecule has 0 unspecified atom stereocenters. The fourth-order valence-electron chi connectivity index (χ4n) is 2.87. The maximum atomic E-state index is 12.7. The Hall–Kier alpha value is -3.36. The van der Waals surface area contributed by atoms with Crippen molar-refractivity contribution in [3.8, 4) is 11.8 Å². The van der Waals surface area contributed by atoms with Gasteiger partial charge >= 0.3 is 0 Å². The highest BCUT2D eigenvalue weighted by molar-refractivity contribution is 9.10. The van der Waals surface area contributed by atoms with Crippen LogP contribution in [0.15, 0.2) is 76.8 Å². The molecule has 0 heterocycles. The van der Waals surface area contributed by atoms with Gasteiger partial charge in [0.25, 0.3) is 5.91 Å². The maximum Gasteiger partial charge on any atom is 0.266 e. The van der Waals surface area contributed by atoms with E-state index in [2.05, 4.69) is 21.2 Å². The second kappa shape index (κ2) is 9.91. The molecule has 0 radical (unpaired) electrons. The molecule has 0 aliphatic heterocycles. The number of nitriles is 1. The first-order chi connectivity index (χ1) is 14.5. The van der Waals surface area contributed by atoms with Gasteiger partial charge in [-0.15, -0.1) is 0 Å². The van der Waals surface area contributed by atoms with Gasteiger partial charge in [-0.2, -0.15) is 5.26 Å². The van der Waals surface area contributed by atoms with Gasteiger partial charge in [-0.25, -0.2) is 0 Å². The lowest BCUT2D eigenvalue weighted by Crippen LogP contribution is -2.14. The van der Waals surface area contributed by atoms with E-state index in [-0.39, 0.29) is 5.57 Å². The van der Waals surface area contributed by atoms with Crippen LogP contribution >= 0.6 is 15.9 Å². The third-order valence-electron chi connectivity index (χ3n) is 4.57. The predicted octanol–water partition coefficient (Wildman–Crippen LogP) is 6.19. The number of nitrogens with one attached hydrogen (secondary N) is 1. The summed E-state index contributed by atoms with van der Waals surface area (Å²) < 4.78 is 6.93. The molecule has 4 nitrogen and oxygen atoms in total. The normalized spacial score (nSPS) is 10.9. The van der Waals surface area contributed by atoms with Crippen molar-refractivity contribution in [2.75, 3.05) is 5.32 Å². The van der Waals surface area contributed by atoms with Crippen molar-refractivity contribution in [2.24, 2.45) is 0 Å². The molecule has 150 valence electrons. The minimum Gasteiger partial charge on any atom is -0.488 e. The Kier molecular flexibility index (Phi) is 7.05. The van der Waals surface area contributed by atoms with Crippen LogP contribution in [0.25, 0.3) is 6.08 Å². The number of ether oxygens (including phenoxy) is 1. The van der Waals surface area contributed by atoms with Gasteiger partial charge in [0.1, 0.15) is 24.0 Å². The zero-order chi connectivity index (χ0) is 21.5. The number of amides is 1. The minimum absolute atomic E-state index is 0.00727. The molecule has 1 amide bonds. The van der Waals surface area contributed by atoms with Crippen LogP contribution in [-0.4, -0.2) is 5.91 Å². The summed E-state index contributed by atoms with van der Waals surface area (Å²) in [6.45, 7) is 4.23. The molecule has 1 N–H and O–H groups in total. The minimum atomic E-state index is -0.452. The predicted molar refractivity (Wildman–Crippen MR) is 123 cm³/mol. The summed E-state index contributed by atoms with van der Waals surface area (Å²) in [5.41, 5.74) is 4.33. The molecule has 0 aliphatic carbocycles. The topological polar surface area (TPSA) is 62.1 Å². The average Bonchev–Trinajstić information content (AvgIpc) is 2.74. The highest BCUT2D eigenvalue weighted by atomic mass is 79.9. The summed E-state index contributed by atoms with van der Waals surface area (Å²) in [4.78, 5) is 12.7. The number of benzene rings is 3. The number of hydrogen-bond donors (Lipinski definition) is 1. The number of rotatable bonds is 6. The van der Waals surface area contributed by atoms with Crippen LogP contribution in [-0.2, 0) is 11.4 Å². The van der Waals surface area contributed by atoms with Crippen molar-refractivity contribution >= 4 is 33.6 Å². The molecule has 3 aromatic rings. The van der Waals surface area contributed by atoms with E-state index in [1.54, 1.807) is 6.08 Å². The van der Waals surface area contributed by atoms with Gasteiger partial charge in [-0.05, 0) is 49.2 Å². The number of aryl methyl sites for hydroxylation is 2. The molecule has 3 rings (SSSR count). The Labute approximate surface area is 184 Å². The Balaban J connectivity index is 1.82. The van der Waals surface area contributed by atoms with E-state index >= 15 is 0 Å². The number of hydrogen-bond acceptors (Lipinski definition) is 3. The molecule has 0 saturated heterocycles. The molecule has 3 aromatic carbocycles. The van der Waals surface area contributed by atoms with Crippen molar-refractivity contribution in [3.05, 3.63) is 99.0 Å². The molecule has 0 fully saturated rings. The van der Waals surface area contributed by atoms with Crippen LogP contribution < -0.4 is 10.1 Å². The zero-order valence-corrected chi connectivity index (χ0v) is 18.4. The van der Waals surface area contributed by atoms with E-state index in [0.717, 1.165) is 21.2 Å². The lowest BCUT2D eigenvalue weighted by atomic mass is 10.1. The SMILES string of the molecule is Cc1ccc(C)c(NC(=O)/C(C#N)=C/c2ccccc2OCc2ccccc2Br)c1. The van der Waals surface area contributed by atoms with Gasteiger partial charge in [0, 0.05) is 21.3 Å². The number of nitrogens with zero attached hydrogens (tertiary/aromatic N) is 1. The number of halogens is 1. The smallest absolute Gasteiger partial charge is 0.266 e. The molecular weight excluding hydrogens is 440 g/mol. The quantitative estimate of drug-likeness (QED) is 0.352. The molecule has 5 heteroatoms. The van der Waals surface area contributed by atoms with Crippen LogP contribution in [0.5, 0.6) is 5.75 Å². The average molecular weight is 461 g/mol. The fourth-order valence-corrected chi connectivity index (χ4v) is 3.27. The fraction of sp³-hybridized carbons (Fsp3) is 0.120. The second-order valence-electron chi connectivity index (χ2n) is 6.86. The molecule has 0 spiro atoms. The summed E-state index contributed by atoms with van der Waals surface area (Å²) in [6, 6.07) is 22.9.